The Balaban J connectivity index is 1.62. The number of thiophene rings is 1. The summed E-state index contributed by atoms with van der Waals surface area (Å²) in [6, 6.07) is 7.14. The molecule has 2 heterocycles. The number of thiazole rings is 1. The second-order valence-corrected chi connectivity index (χ2v) is 7.07. The molecule has 3 nitrogen and oxygen atoms in total. The molecular weight excluding hydrogens is 350 g/mol. The first-order chi connectivity index (χ1) is 11.5. The number of nitrogens with one attached hydrogen (secondary N) is 1. The molecule has 0 aliphatic rings. The van der Waals surface area contributed by atoms with E-state index >= 15 is 0 Å². The average Bonchev–Trinajstić information content (AvgIpc) is 3.20. The van der Waals surface area contributed by atoms with Crippen molar-refractivity contribution in [2.45, 2.75) is 19.4 Å². The predicted octanol–water partition coefficient (Wildman–Crippen LogP) is 4.57. The maximum absolute atomic E-state index is 13.3. The minimum atomic E-state index is -0.923. The van der Waals surface area contributed by atoms with Gasteiger partial charge in [-0.15, -0.1) is 22.7 Å². The minimum Gasteiger partial charge on any atom is -0.349 e. The van der Waals surface area contributed by atoms with E-state index in [1.807, 2.05) is 22.9 Å². The lowest BCUT2D eigenvalue weighted by Crippen LogP contribution is -2.28. The lowest BCUT2D eigenvalue weighted by molar-refractivity contribution is -0.121. The van der Waals surface area contributed by atoms with Crippen LogP contribution in [0.2, 0.25) is 0 Å². The number of nitrogens with zero attached hydrogens (tertiary/aromatic N) is 1. The standard InChI is InChI=1S/C17H14F2N2OS2/c1-10(11-4-5-13(18)14(19)7-11)20-16(22)8-12-9-24-17(21-12)15-3-2-6-23-15/h2-7,9-10H,8H2,1H3,(H,20,22). The van der Waals surface area contributed by atoms with Gasteiger partial charge in [-0.3, -0.25) is 4.79 Å². The zero-order valence-electron chi connectivity index (χ0n) is 12.8. The second kappa shape index (κ2) is 7.19. The molecular formula is C17H14F2N2OS2. The molecule has 1 N–H and O–H groups in total. The van der Waals surface area contributed by atoms with Gasteiger partial charge in [-0.2, -0.15) is 0 Å². The molecule has 1 unspecified atom stereocenters. The molecule has 3 aromatic rings. The Kier molecular flexibility index (Phi) is 5.01. The van der Waals surface area contributed by atoms with E-state index in [1.165, 1.54) is 17.4 Å². The molecule has 0 fully saturated rings. The molecule has 3 rings (SSSR count). The van der Waals surface area contributed by atoms with E-state index in [2.05, 4.69) is 10.3 Å². The number of halogens is 2. The Labute approximate surface area is 146 Å². The van der Waals surface area contributed by atoms with Gasteiger partial charge >= 0.3 is 0 Å². The van der Waals surface area contributed by atoms with Crippen molar-refractivity contribution in [3.8, 4) is 9.88 Å². The van der Waals surface area contributed by atoms with Crippen LogP contribution in [0.3, 0.4) is 0 Å². The van der Waals surface area contributed by atoms with E-state index in [9.17, 15) is 13.6 Å². The SMILES string of the molecule is CC(NC(=O)Cc1csc(-c2cccs2)n1)c1ccc(F)c(F)c1. The number of hydrogen-bond donors (Lipinski definition) is 1. The summed E-state index contributed by atoms with van der Waals surface area (Å²) in [6.45, 7) is 1.72. The molecule has 0 aliphatic carbocycles. The molecule has 0 spiro atoms. The summed E-state index contributed by atoms with van der Waals surface area (Å²) in [5, 5.41) is 7.50. The van der Waals surface area contributed by atoms with E-state index in [1.54, 1.807) is 18.3 Å². The molecule has 0 saturated carbocycles. The zero-order valence-corrected chi connectivity index (χ0v) is 14.4. The number of carbonyl (C=O) groups excluding carboxylic acids is 1. The first-order valence-electron chi connectivity index (χ1n) is 7.25. The fourth-order valence-electron chi connectivity index (χ4n) is 2.22. The molecule has 2 aromatic heterocycles. The quantitative estimate of drug-likeness (QED) is 0.721. The van der Waals surface area contributed by atoms with Gasteiger partial charge in [0.2, 0.25) is 5.91 Å². The highest BCUT2D eigenvalue weighted by Crippen LogP contribution is 2.28. The van der Waals surface area contributed by atoms with Crippen molar-refractivity contribution in [1.82, 2.24) is 10.3 Å². The number of hydrogen-bond acceptors (Lipinski definition) is 4. The minimum absolute atomic E-state index is 0.149. The van der Waals surface area contributed by atoms with Crippen molar-refractivity contribution >= 4 is 28.6 Å². The third-order valence-corrected chi connectivity index (χ3v) is 5.38. The van der Waals surface area contributed by atoms with E-state index in [-0.39, 0.29) is 12.3 Å². The molecule has 7 heteroatoms. The molecule has 124 valence electrons. The summed E-state index contributed by atoms with van der Waals surface area (Å²) < 4.78 is 26.2. The van der Waals surface area contributed by atoms with Gasteiger partial charge in [-0.25, -0.2) is 13.8 Å². The van der Waals surface area contributed by atoms with Gasteiger partial charge in [0, 0.05) is 5.38 Å². The fraction of sp³-hybridized carbons (Fsp3) is 0.176. The van der Waals surface area contributed by atoms with E-state index in [4.69, 9.17) is 0 Å². The monoisotopic (exact) mass is 364 g/mol. The molecule has 0 aliphatic heterocycles. The maximum atomic E-state index is 13.3. The predicted molar refractivity (Wildman–Crippen MR) is 92.0 cm³/mol. The second-order valence-electron chi connectivity index (χ2n) is 5.26. The number of carbonyl (C=O) groups is 1. The zero-order chi connectivity index (χ0) is 17.1. The van der Waals surface area contributed by atoms with Crippen LogP contribution in [0.25, 0.3) is 9.88 Å². The first kappa shape index (κ1) is 16.7. The lowest BCUT2D eigenvalue weighted by atomic mass is 10.1. The lowest BCUT2D eigenvalue weighted by Gasteiger charge is -2.14. The van der Waals surface area contributed by atoms with Gasteiger partial charge in [0.15, 0.2) is 11.6 Å². The van der Waals surface area contributed by atoms with Crippen molar-refractivity contribution in [1.29, 1.82) is 0 Å². The molecule has 0 radical (unpaired) electrons. The van der Waals surface area contributed by atoms with Crippen LogP contribution in [0.1, 0.15) is 24.2 Å². The Morgan fingerprint density at radius 2 is 2.08 bits per heavy atom. The summed E-state index contributed by atoms with van der Waals surface area (Å²) in [5.41, 5.74) is 1.21. The van der Waals surface area contributed by atoms with Crippen LogP contribution in [-0.2, 0) is 11.2 Å². The van der Waals surface area contributed by atoms with Gasteiger partial charge < -0.3 is 5.32 Å². The highest BCUT2D eigenvalue weighted by atomic mass is 32.1. The smallest absolute Gasteiger partial charge is 0.226 e. The summed E-state index contributed by atoms with van der Waals surface area (Å²) >= 11 is 3.10. The van der Waals surface area contributed by atoms with Gasteiger partial charge in [0.25, 0.3) is 0 Å². The van der Waals surface area contributed by atoms with Crippen LogP contribution in [0.5, 0.6) is 0 Å². The van der Waals surface area contributed by atoms with Crippen molar-refractivity contribution < 1.29 is 13.6 Å². The van der Waals surface area contributed by atoms with E-state index in [0.717, 1.165) is 22.0 Å². The number of aromatic nitrogens is 1. The molecule has 1 atom stereocenters. The molecule has 1 aromatic carbocycles. The van der Waals surface area contributed by atoms with Crippen LogP contribution >= 0.6 is 22.7 Å². The van der Waals surface area contributed by atoms with Crippen LogP contribution in [0, 0.1) is 11.6 Å². The molecule has 1 amide bonds. The summed E-state index contributed by atoms with van der Waals surface area (Å²) in [4.78, 5) is 17.7. The normalized spacial score (nSPS) is 12.1. The van der Waals surface area contributed by atoms with Gasteiger partial charge in [-0.1, -0.05) is 12.1 Å². The third-order valence-electron chi connectivity index (χ3n) is 3.45. The Bertz CT molecular complexity index is 846. The van der Waals surface area contributed by atoms with Gasteiger partial charge in [-0.05, 0) is 36.1 Å². The topological polar surface area (TPSA) is 42.0 Å². The van der Waals surface area contributed by atoms with Crippen molar-refractivity contribution in [2.75, 3.05) is 0 Å². The largest absolute Gasteiger partial charge is 0.349 e. The number of benzene rings is 1. The van der Waals surface area contributed by atoms with Gasteiger partial charge in [0.05, 0.1) is 23.0 Å². The number of rotatable bonds is 5. The Morgan fingerprint density at radius 1 is 1.25 bits per heavy atom. The summed E-state index contributed by atoms with van der Waals surface area (Å²) in [5.74, 6) is -2.04. The Hall–Kier alpha value is -2.12. The van der Waals surface area contributed by atoms with E-state index in [0.29, 0.717) is 11.3 Å². The van der Waals surface area contributed by atoms with Crippen molar-refractivity contribution in [3.05, 3.63) is 64.0 Å². The van der Waals surface area contributed by atoms with Crippen molar-refractivity contribution in [2.24, 2.45) is 0 Å². The molecule has 0 bridgehead atoms. The van der Waals surface area contributed by atoms with E-state index < -0.39 is 17.7 Å². The van der Waals surface area contributed by atoms with Gasteiger partial charge in [0.1, 0.15) is 5.01 Å². The summed E-state index contributed by atoms with van der Waals surface area (Å²) in [7, 11) is 0. The highest BCUT2D eigenvalue weighted by Gasteiger charge is 2.14. The van der Waals surface area contributed by atoms with Crippen LogP contribution < -0.4 is 5.32 Å². The molecule has 24 heavy (non-hydrogen) atoms. The summed E-state index contributed by atoms with van der Waals surface area (Å²) in [6.07, 6.45) is 0.149. The number of amides is 1. The van der Waals surface area contributed by atoms with Crippen molar-refractivity contribution in [3.63, 3.8) is 0 Å². The maximum Gasteiger partial charge on any atom is 0.226 e. The third kappa shape index (κ3) is 3.85. The fourth-order valence-corrected chi connectivity index (χ4v) is 3.86. The first-order valence-corrected chi connectivity index (χ1v) is 9.01. The van der Waals surface area contributed by atoms with Crippen LogP contribution in [0.15, 0.2) is 41.1 Å². The van der Waals surface area contributed by atoms with Crippen LogP contribution in [0.4, 0.5) is 8.78 Å². The van der Waals surface area contributed by atoms with Crippen LogP contribution in [-0.4, -0.2) is 10.9 Å². The molecule has 0 saturated heterocycles. The average molecular weight is 364 g/mol. The highest BCUT2D eigenvalue weighted by molar-refractivity contribution is 7.20. The Morgan fingerprint density at radius 3 is 2.79 bits per heavy atom.